The third-order valence-corrected chi connectivity index (χ3v) is 5.31. The van der Waals surface area contributed by atoms with Crippen LogP contribution >= 0.6 is 23.5 Å². The van der Waals surface area contributed by atoms with Gasteiger partial charge >= 0.3 is 23.5 Å². The molecule has 15 N–H and O–H groups in total. The maximum Gasteiger partial charge on any atom is 0.469 e. The number of aliphatic hydroxyl groups excluding tert-OH is 9. The van der Waals surface area contributed by atoms with Crippen molar-refractivity contribution in [3.05, 3.63) is 0 Å². The average molecular weight is 690 g/mol. The molecule has 0 saturated heterocycles. The molecule has 42 heavy (non-hydrogen) atoms. The van der Waals surface area contributed by atoms with Crippen LogP contribution in [-0.4, -0.2) is 169 Å². The number of aliphatic hydroxyl groups is 9. The Labute approximate surface area is 234 Å². The molecule has 0 rings (SSSR count). The summed E-state index contributed by atoms with van der Waals surface area (Å²) in [5.41, 5.74) is 0. The zero-order valence-corrected chi connectivity index (χ0v) is 23.5. The zero-order chi connectivity index (χ0) is 34.1. The molecule has 0 aliphatic rings. The van der Waals surface area contributed by atoms with Gasteiger partial charge in [-0.25, -0.2) is 13.7 Å². The first-order valence-corrected chi connectivity index (χ1v) is 15.0. The first kappa shape index (κ1) is 45.4. The maximum absolute atomic E-state index is 10.6. The molecule has 24 nitrogen and oxygen atoms in total. The molecule has 0 aliphatic carbocycles. The highest BCUT2D eigenvalue weighted by Gasteiger charge is 2.29. The smallest absolute Gasteiger partial charge is 0.388 e. The van der Waals surface area contributed by atoms with Gasteiger partial charge in [0.2, 0.25) is 0 Å². The van der Waals surface area contributed by atoms with E-state index in [-0.39, 0.29) is 12.6 Å². The molecule has 0 fully saturated rings. The summed E-state index contributed by atoms with van der Waals surface area (Å²) in [6.07, 6.45) is -14.6. The second-order valence-corrected chi connectivity index (χ2v) is 11.1. The summed E-state index contributed by atoms with van der Waals surface area (Å²) in [5, 5.41) is 79.2. The van der Waals surface area contributed by atoms with E-state index in [0.29, 0.717) is 0 Å². The number of carbonyl (C=O) groups excluding carboxylic acids is 3. The van der Waals surface area contributed by atoms with Crippen LogP contribution in [0.25, 0.3) is 0 Å². The van der Waals surface area contributed by atoms with Crippen molar-refractivity contribution in [1.82, 2.24) is 0 Å². The Kier molecular flexibility index (Phi) is 23.4. The number of phosphoric acid groups is 3. The highest BCUT2D eigenvalue weighted by Crippen LogP contribution is 2.37. The summed E-state index contributed by atoms with van der Waals surface area (Å²) < 4.78 is 41.9. The van der Waals surface area contributed by atoms with E-state index >= 15 is 0 Å². The van der Waals surface area contributed by atoms with E-state index in [4.69, 9.17) is 75.3 Å². The first-order valence-electron chi connectivity index (χ1n) is 10.4. The fourth-order valence-electron chi connectivity index (χ4n) is 1.73. The van der Waals surface area contributed by atoms with Gasteiger partial charge in [-0.2, -0.15) is 0 Å². The largest absolute Gasteiger partial charge is 0.469 e. The van der Waals surface area contributed by atoms with Gasteiger partial charge < -0.3 is 84.9 Å². The van der Waals surface area contributed by atoms with Gasteiger partial charge in [0.1, 0.15) is 55.4 Å². The van der Waals surface area contributed by atoms with Gasteiger partial charge in [0.05, 0.1) is 19.8 Å². The summed E-state index contributed by atoms with van der Waals surface area (Å²) in [7, 11) is -14.2. The predicted octanol–water partition coefficient (Wildman–Crippen LogP) is -7.87. The number of ketones is 1. The molecule has 0 spiro atoms. The number of aldehydes is 2. The zero-order valence-electron chi connectivity index (χ0n) is 20.8. The molecular formula is C15H33O24P3. The molecule has 0 aromatic carbocycles. The number of rotatable bonds is 18. The fourth-order valence-corrected chi connectivity index (χ4v) is 2.77. The van der Waals surface area contributed by atoms with E-state index in [1.165, 1.54) is 0 Å². The molecular weight excluding hydrogens is 657 g/mol. The Bertz CT molecular complexity index is 865. The third kappa shape index (κ3) is 25.5. The van der Waals surface area contributed by atoms with E-state index < -0.39 is 105 Å². The monoisotopic (exact) mass is 690 g/mol. The highest BCUT2D eigenvalue weighted by molar-refractivity contribution is 7.46. The van der Waals surface area contributed by atoms with Crippen LogP contribution in [0.15, 0.2) is 0 Å². The van der Waals surface area contributed by atoms with E-state index in [0.717, 1.165) is 0 Å². The molecule has 8 atom stereocenters. The number of phosphoric ester groups is 3. The molecule has 27 heteroatoms. The lowest BCUT2D eigenvalue weighted by atomic mass is 10.1. The number of carbonyl (C=O) groups is 3. The fraction of sp³-hybridized carbons (Fsp3) is 0.800. The maximum atomic E-state index is 10.6. The Morgan fingerprint density at radius 2 is 0.833 bits per heavy atom. The summed E-state index contributed by atoms with van der Waals surface area (Å²) in [6, 6.07) is 0. The Hall–Kier alpha value is -1.02. The second kappa shape index (κ2) is 21.6. The summed E-state index contributed by atoms with van der Waals surface area (Å²) in [4.78, 5) is 79.7. The number of hydrogen-bond donors (Lipinski definition) is 15. The molecule has 0 unspecified atom stereocenters. The van der Waals surface area contributed by atoms with Crippen molar-refractivity contribution in [2.45, 2.75) is 48.8 Å². The molecule has 0 saturated carbocycles. The van der Waals surface area contributed by atoms with Crippen LogP contribution < -0.4 is 0 Å². The van der Waals surface area contributed by atoms with Crippen LogP contribution in [0.1, 0.15) is 0 Å². The van der Waals surface area contributed by atoms with Gasteiger partial charge in [0.25, 0.3) is 0 Å². The standard InChI is InChI=1S/3C5H11O8P/c3*6-1-3(7)5(9)4(8)2-13-14(10,11)12/h4-6,8-9H,1-2H2,(H2,10,11,12);2*1,3-5,7-9H,2H2,(H2,10,11,12)/t4-,5+;2*3-,4+,5-/m100/s1. The Morgan fingerprint density at radius 3 is 1.05 bits per heavy atom. The normalized spacial score (nSPS) is 17.9. The quantitative estimate of drug-likeness (QED) is 0.0469. The minimum absolute atomic E-state index is 0.0225. The van der Waals surface area contributed by atoms with Crippen molar-refractivity contribution < 1.29 is 117 Å². The van der Waals surface area contributed by atoms with Crippen LogP contribution in [0.3, 0.4) is 0 Å². The minimum atomic E-state index is -4.74. The van der Waals surface area contributed by atoms with Crippen LogP contribution in [-0.2, 0) is 41.6 Å². The van der Waals surface area contributed by atoms with Crippen molar-refractivity contribution >= 4 is 41.8 Å². The lowest BCUT2D eigenvalue weighted by molar-refractivity contribution is -0.137. The Morgan fingerprint density at radius 1 is 0.571 bits per heavy atom. The van der Waals surface area contributed by atoms with Gasteiger partial charge in [-0.3, -0.25) is 18.4 Å². The van der Waals surface area contributed by atoms with Crippen molar-refractivity contribution in [2.75, 3.05) is 26.4 Å². The van der Waals surface area contributed by atoms with Gasteiger partial charge in [0, 0.05) is 0 Å². The van der Waals surface area contributed by atoms with Crippen LogP contribution in [0.5, 0.6) is 0 Å². The van der Waals surface area contributed by atoms with Crippen molar-refractivity contribution in [1.29, 1.82) is 0 Å². The van der Waals surface area contributed by atoms with Gasteiger partial charge in [-0.1, -0.05) is 0 Å². The van der Waals surface area contributed by atoms with E-state index in [1.54, 1.807) is 0 Å². The minimum Gasteiger partial charge on any atom is -0.388 e. The lowest BCUT2D eigenvalue weighted by Crippen LogP contribution is -2.40. The average Bonchev–Trinajstić information content (AvgIpc) is 2.89. The first-order chi connectivity index (χ1) is 18.8. The summed E-state index contributed by atoms with van der Waals surface area (Å²) in [6.45, 7) is -3.67. The number of hydrogen-bond acceptors (Lipinski definition) is 18. The van der Waals surface area contributed by atoms with Crippen molar-refractivity contribution in [3.63, 3.8) is 0 Å². The Balaban J connectivity index is -0.000000543. The molecule has 0 aliphatic heterocycles. The van der Waals surface area contributed by atoms with Crippen molar-refractivity contribution in [2.24, 2.45) is 0 Å². The van der Waals surface area contributed by atoms with Crippen LogP contribution in [0.2, 0.25) is 0 Å². The van der Waals surface area contributed by atoms with E-state index in [1.807, 2.05) is 0 Å². The second-order valence-electron chi connectivity index (χ2n) is 7.36. The molecule has 0 heterocycles. The van der Waals surface area contributed by atoms with Crippen LogP contribution in [0, 0.1) is 0 Å². The molecule has 0 bridgehead atoms. The molecule has 252 valence electrons. The lowest BCUT2D eigenvalue weighted by Gasteiger charge is -2.19. The van der Waals surface area contributed by atoms with E-state index in [2.05, 4.69) is 13.6 Å². The van der Waals surface area contributed by atoms with Gasteiger partial charge in [0.15, 0.2) is 18.4 Å². The van der Waals surface area contributed by atoms with Crippen LogP contribution in [0.4, 0.5) is 0 Å². The summed E-state index contributed by atoms with van der Waals surface area (Å²) in [5.74, 6) is -1.06. The topological polar surface area (TPSA) is 434 Å². The SMILES string of the molecule is O=C(CO)[C@H](O)[C@H](O)COP(=O)(O)O.O=C[C@H](O)[C@H](O)[C@H](O)COP(=O)(O)O.O=C[C@H](O)[C@H](O)[C@H](O)COP(=O)(O)O. The van der Waals surface area contributed by atoms with Gasteiger partial charge in [-0.05, 0) is 0 Å². The molecule has 0 radical (unpaired) electrons. The van der Waals surface area contributed by atoms with E-state index in [9.17, 15) is 28.1 Å². The number of Topliss-reactive ketones (excluding diaryl/α,β-unsaturated/α-hetero) is 1. The van der Waals surface area contributed by atoms with Gasteiger partial charge in [-0.15, -0.1) is 0 Å². The third-order valence-electron chi connectivity index (χ3n) is 3.86. The molecule has 0 amide bonds. The van der Waals surface area contributed by atoms with Crippen molar-refractivity contribution in [3.8, 4) is 0 Å². The highest BCUT2D eigenvalue weighted by atomic mass is 31.2. The summed E-state index contributed by atoms with van der Waals surface area (Å²) >= 11 is 0. The molecule has 0 aromatic rings. The molecule has 0 aromatic heterocycles. The predicted molar refractivity (Wildman–Crippen MR) is 126 cm³/mol.